The highest BCUT2D eigenvalue weighted by Gasteiger charge is 2.01. The van der Waals surface area contributed by atoms with Crippen molar-refractivity contribution in [3.05, 3.63) is 59.9 Å². The second-order valence-corrected chi connectivity index (χ2v) is 5.21. The molecular formula is C18H23N3O3. The van der Waals surface area contributed by atoms with Crippen LogP contribution in [0.15, 0.2) is 48.8 Å². The molecule has 0 saturated heterocycles. The van der Waals surface area contributed by atoms with Gasteiger partial charge in [0.05, 0.1) is 6.61 Å². The number of aromatic nitrogens is 1. The fraction of sp³-hybridized carbons (Fsp3) is 0.333. The zero-order valence-corrected chi connectivity index (χ0v) is 13.8. The van der Waals surface area contributed by atoms with Crippen LogP contribution >= 0.6 is 0 Å². The van der Waals surface area contributed by atoms with Gasteiger partial charge in [-0.3, -0.25) is 4.98 Å². The Morgan fingerprint density at radius 1 is 1.08 bits per heavy atom. The number of hydrogen-bond donors (Lipinski definition) is 2. The summed E-state index contributed by atoms with van der Waals surface area (Å²) in [5.41, 5.74) is 2.11. The molecule has 0 fully saturated rings. The van der Waals surface area contributed by atoms with E-state index in [0.717, 1.165) is 23.3 Å². The van der Waals surface area contributed by atoms with E-state index in [-0.39, 0.29) is 6.03 Å². The van der Waals surface area contributed by atoms with Gasteiger partial charge in [0, 0.05) is 32.6 Å². The lowest BCUT2D eigenvalue weighted by atomic mass is 10.2. The first-order valence-corrected chi connectivity index (χ1v) is 7.89. The maximum atomic E-state index is 11.8. The van der Waals surface area contributed by atoms with Crippen molar-refractivity contribution in [2.45, 2.75) is 13.0 Å². The van der Waals surface area contributed by atoms with Crippen LogP contribution in [0.5, 0.6) is 5.75 Å². The molecule has 1 aromatic heterocycles. The lowest BCUT2D eigenvalue weighted by molar-refractivity contribution is 0.146. The van der Waals surface area contributed by atoms with E-state index < -0.39 is 0 Å². The second kappa shape index (κ2) is 10.2. The van der Waals surface area contributed by atoms with Crippen LogP contribution in [-0.2, 0) is 17.7 Å². The molecule has 0 aliphatic rings. The predicted molar refractivity (Wildman–Crippen MR) is 92.0 cm³/mol. The highest BCUT2D eigenvalue weighted by atomic mass is 16.5. The molecule has 2 N–H and O–H groups in total. The van der Waals surface area contributed by atoms with Crippen molar-refractivity contribution < 1.29 is 14.3 Å². The Labute approximate surface area is 142 Å². The molecular weight excluding hydrogens is 306 g/mol. The van der Waals surface area contributed by atoms with E-state index in [9.17, 15) is 4.79 Å². The van der Waals surface area contributed by atoms with E-state index >= 15 is 0 Å². The van der Waals surface area contributed by atoms with Crippen LogP contribution in [0.25, 0.3) is 0 Å². The number of urea groups is 1. The third-order valence-electron chi connectivity index (χ3n) is 3.35. The molecule has 24 heavy (non-hydrogen) atoms. The number of benzene rings is 1. The van der Waals surface area contributed by atoms with Crippen LogP contribution in [0.4, 0.5) is 4.79 Å². The average molecular weight is 329 g/mol. The van der Waals surface area contributed by atoms with Crippen molar-refractivity contribution in [3.63, 3.8) is 0 Å². The van der Waals surface area contributed by atoms with Gasteiger partial charge in [0.2, 0.25) is 0 Å². The summed E-state index contributed by atoms with van der Waals surface area (Å²) in [5.74, 6) is 0.789. The Kier molecular flexibility index (Phi) is 7.56. The zero-order valence-electron chi connectivity index (χ0n) is 13.8. The molecule has 0 aliphatic carbocycles. The van der Waals surface area contributed by atoms with Crippen molar-refractivity contribution in [1.29, 1.82) is 0 Å². The number of hydrogen-bond acceptors (Lipinski definition) is 4. The molecule has 2 amide bonds. The van der Waals surface area contributed by atoms with Crippen LogP contribution in [0.2, 0.25) is 0 Å². The lowest BCUT2D eigenvalue weighted by Gasteiger charge is -2.09. The maximum Gasteiger partial charge on any atom is 0.315 e. The Balaban J connectivity index is 1.64. The molecule has 128 valence electrons. The molecule has 0 spiro atoms. The summed E-state index contributed by atoms with van der Waals surface area (Å²) in [6.07, 6.45) is 4.29. The monoisotopic (exact) mass is 329 g/mol. The number of ether oxygens (including phenoxy) is 2. The molecule has 1 aromatic carbocycles. The van der Waals surface area contributed by atoms with Crippen LogP contribution in [0.3, 0.4) is 0 Å². The number of rotatable bonds is 9. The Hall–Kier alpha value is -2.60. The second-order valence-electron chi connectivity index (χ2n) is 5.21. The highest BCUT2D eigenvalue weighted by molar-refractivity contribution is 5.73. The van der Waals surface area contributed by atoms with E-state index in [4.69, 9.17) is 9.47 Å². The van der Waals surface area contributed by atoms with Crippen molar-refractivity contribution in [3.8, 4) is 5.75 Å². The molecule has 2 rings (SSSR count). The largest absolute Gasteiger partial charge is 0.491 e. The van der Waals surface area contributed by atoms with Gasteiger partial charge in [-0.15, -0.1) is 0 Å². The van der Waals surface area contributed by atoms with Crippen LogP contribution < -0.4 is 15.4 Å². The summed E-state index contributed by atoms with van der Waals surface area (Å²) in [4.78, 5) is 15.8. The van der Waals surface area contributed by atoms with Gasteiger partial charge in [0.1, 0.15) is 12.4 Å². The van der Waals surface area contributed by atoms with Crippen molar-refractivity contribution in [2.75, 3.05) is 26.9 Å². The number of pyridine rings is 1. The van der Waals surface area contributed by atoms with Gasteiger partial charge in [-0.1, -0.05) is 18.2 Å². The fourth-order valence-electron chi connectivity index (χ4n) is 2.06. The van der Waals surface area contributed by atoms with Gasteiger partial charge in [0.15, 0.2) is 0 Å². The normalized spacial score (nSPS) is 10.2. The molecule has 0 unspecified atom stereocenters. The lowest BCUT2D eigenvalue weighted by Crippen LogP contribution is -2.36. The summed E-state index contributed by atoms with van der Waals surface area (Å²) in [6, 6.07) is 11.3. The molecule has 0 aliphatic heterocycles. The average Bonchev–Trinajstić information content (AvgIpc) is 2.62. The van der Waals surface area contributed by atoms with E-state index in [1.165, 1.54) is 0 Å². The minimum atomic E-state index is -0.181. The van der Waals surface area contributed by atoms with Gasteiger partial charge >= 0.3 is 6.03 Å². The maximum absolute atomic E-state index is 11.8. The zero-order chi connectivity index (χ0) is 17.0. The third-order valence-corrected chi connectivity index (χ3v) is 3.35. The van der Waals surface area contributed by atoms with Gasteiger partial charge in [-0.25, -0.2) is 4.79 Å². The smallest absolute Gasteiger partial charge is 0.315 e. The topological polar surface area (TPSA) is 72.5 Å². The van der Waals surface area contributed by atoms with E-state index in [1.54, 1.807) is 19.5 Å². The third kappa shape index (κ3) is 6.66. The van der Waals surface area contributed by atoms with Crippen LogP contribution in [0, 0.1) is 0 Å². The van der Waals surface area contributed by atoms with E-state index in [1.807, 2.05) is 36.4 Å². The van der Waals surface area contributed by atoms with Crippen LogP contribution in [-0.4, -0.2) is 37.9 Å². The first-order valence-electron chi connectivity index (χ1n) is 7.89. The first kappa shape index (κ1) is 17.7. The summed E-state index contributed by atoms with van der Waals surface area (Å²) in [6.45, 7) is 2.12. The summed E-state index contributed by atoms with van der Waals surface area (Å²) in [5, 5.41) is 5.66. The Morgan fingerprint density at radius 2 is 1.92 bits per heavy atom. The number of nitrogens with zero attached hydrogens (tertiary/aromatic N) is 1. The minimum absolute atomic E-state index is 0.181. The fourth-order valence-corrected chi connectivity index (χ4v) is 2.06. The standard InChI is InChI=1S/C18H23N3O3/c1-23-11-12-24-17-6-4-16(5-7-17)14-21-18(22)20-10-8-15-3-2-9-19-13-15/h2-7,9,13H,8,10-12,14H2,1H3,(H2,20,21,22). The molecule has 1 heterocycles. The first-order chi connectivity index (χ1) is 11.8. The highest BCUT2D eigenvalue weighted by Crippen LogP contribution is 2.11. The minimum Gasteiger partial charge on any atom is -0.491 e. The number of nitrogens with one attached hydrogen (secondary N) is 2. The molecule has 0 atom stereocenters. The summed E-state index contributed by atoms with van der Waals surface area (Å²) in [7, 11) is 1.64. The molecule has 0 radical (unpaired) electrons. The quantitative estimate of drug-likeness (QED) is 0.692. The summed E-state index contributed by atoms with van der Waals surface area (Å²) >= 11 is 0. The van der Waals surface area contributed by atoms with Crippen LogP contribution in [0.1, 0.15) is 11.1 Å². The molecule has 6 heteroatoms. The molecule has 6 nitrogen and oxygen atoms in total. The van der Waals surface area contributed by atoms with Gasteiger partial charge in [0.25, 0.3) is 0 Å². The van der Waals surface area contributed by atoms with Crippen molar-refractivity contribution in [1.82, 2.24) is 15.6 Å². The number of methoxy groups -OCH3 is 1. The van der Waals surface area contributed by atoms with E-state index in [2.05, 4.69) is 15.6 Å². The SMILES string of the molecule is COCCOc1ccc(CNC(=O)NCCc2cccnc2)cc1. The number of carbonyl (C=O) groups is 1. The Bertz CT molecular complexity index is 603. The van der Waals surface area contributed by atoms with Gasteiger partial charge in [-0.2, -0.15) is 0 Å². The summed E-state index contributed by atoms with van der Waals surface area (Å²) < 4.78 is 10.4. The van der Waals surface area contributed by atoms with Gasteiger partial charge in [-0.05, 0) is 35.7 Å². The predicted octanol–water partition coefficient (Wildman–Crippen LogP) is 2.15. The van der Waals surface area contributed by atoms with Gasteiger partial charge < -0.3 is 20.1 Å². The molecule has 0 saturated carbocycles. The van der Waals surface area contributed by atoms with Crippen molar-refractivity contribution in [2.24, 2.45) is 0 Å². The number of amides is 2. The molecule has 0 bridgehead atoms. The number of carbonyl (C=O) groups excluding carboxylic acids is 1. The van der Waals surface area contributed by atoms with Crippen molar-refractivity contribution >= 4 is 6.03 Å². The Morgan fingerprint density at radius 3 is 2.62 bits per heavy atom. The molecule has 2 aromatic rings. The van der Waals surface area contributed by atoms with E-state index in [0.29, 0.717) is 26.3 Å².